The molecule has 0 aliphatic rings. The maximum absolute atomic E-state index is 13.1. The summed E-state index contributed by atoms with van der Waals surface area (Å²) in [7, 11) is 1.39. The lowest BCUT2D eigenvalue weighted by Crippen LogP contribution is -2.39. The molecule has 2 rings (SSSR count). The Balaban J connectivity index is 2.33. The van der Waals surface area contributed by atoms with Crippen molar-refractivity contribution in [3.63, 3.8) is 0 Å². The van der Waals surface area contributed by atoms with Crippen LogP contribution in [0.25, 0.3) is 0 Å². The van der Waals surface area contributed by atoms with E-state index in [1.54, 1.807) is 6.92 Å². The van der Waals surface area contributed by atoms with Gasteiger partial charge in [-0.25, -0.2) is 0 Å². The molecule has 2 aromatic carbocycles. The third-order valence-corrected chi connectivity index (χ3v) is 4.48. The second-order valence-electron chi connectivity index (χ2n) is 7.22. The Labute approximate surface area is 191 Å². The number of nitro groups is 1. The molecule has 0 saturated heterocycles. The van der Waals surface area contributed by atoms with E-state index in [-0.39, 0.29) is 58.5 Å². The van der Waals surface area contributed by atoms with Gasteiger partial charge in [0.05, 0.1) is 18.6 Å². The first-order valence-electron chi connectivity index (χ1n) is 9.91. The van der Waals surface area contributed by atoms with Gasteiger partial charge in [0.1, 0.15) is 6.54 Å². The minimum atomic E-state index is -0.606. The van der Waals surface area contributed by atoms with Crippen LogP contribution in [0.3, 0.4) is 0 Å². The fourth-order valence-electron chi connectivity index (χ4n) is 2.93. The van der Waals surface area contributed by atoms with Gasteiger partial charge >= 0.3 is 11.7 Å². The van der Waals surface area contributed by atoms with E-state index in [0.29, 0.717) is 6.54 Å². The van der Waals surface area contributed by atoms with Crippen molar-refractivity contribution in [1.29, 1.82) is 0 Å². The molecule has 1 amide bonds. The number of amides is 1. The van der Waals surface area contributed by atoms with Gasteiger partial charge in [0.15, 0.2) is 11.5 Å². The van der Waals surface area contributed by atoms with Gasteiger partial charge < -0.3 is 19.1 Å². The van der Waals surface area contributed by atoms with E-state index in [1.807, 2.05) is 13.8 Å². The van der Waals surface area contributed by atoms with Gasteiger partial charge in [0, 0.05) is 23.2 Å². The summed E-state index contributed by atoms with van der Waals surface area (Å²) in [5.41, 5.74) is -0.0398. The predicted molar refractivity (Wildman–Crippen MR) is 119 cm³/mol. The van der Waals surface area contributed by atoms with E-state index in [9.17, 15) is 19.7 Å². The Hall–Kier alpha value is -3.33. The topological polar surface area (TPSA) is 108 Å². The summed E-state index contributed by atoms with van der Waals surface area (Å²) in [5, 5.41) is 11.5. The Bertz CT molecular complexity index is 994. The van der Waals surface area contributed by atoms with E-state index >= 15 is 0 Å². The van der Waals surface area contributed by atoms with Crippen LogP contribution in [0.15, 0.2) is 36.4 Å². The van der Waals surface area contributed by atoms with E-state index < -0.39 is 10.9 Å². The molecule has 0 unspecified atom stereocenters. The Kier molecular flexibility index (Phi) is 8.83. The molecule has 0 aliphatic carbocycles. The normalized spacial score (nSPS) is 10.6. The molecule has 0 saturated carbocycles. The number of esters is 1. The standard InChI is InChI=1S/C22H25ClN2O7/c1-5-31-21(26)13-24(12-14(2)3)22(27)15-6-8-19(20(10-15)30-4)32-18-9-7-16(23)11-17(18)25(28)29/h6-11,14H,5,12-13H2,1-4H3. The zero-order valence-electron chi connectivity index (χ0n) is 18.3. The molecule has 0 radical (unpaired) electrons. The average molecular weight is 465 g/mol. The van der Waals surface area contributed by atoms with Crippen LogP contribution in [0, 0.1) is 16.0 Å². The molecule has 0 bridgehead atoms. The van der Waals surface area contributed by atoms with Crippen molar-refractivity contribution >= 4 is 29.2 Å². The third kappa shape index (κ3) is 6.58. The van der Waals surface area contributed by atoms with Gasteiger partial charge in [-0.05, 0) is 43.2 Å². The van der Waals surface area contributed by atoms with Crippen LogP contribution in [0.5, 0.6) is 17.2 Å². The van der Waals surface area contributed by atoms with Crippen LogP contribution in [0.2, 0.25) is 5.02 Å². The number of carbonyl (C=O) groups excluding carboxylic acids is 2. The lowest BCUT2D eigenvalue weighted by Gasteiger charge is -2.24. The molecule has 2 aromatic rings. The van der Waals surface area contributed by atoms with Crippen LogP contribution < -0.4 is 9.47 Å². The monoisotopic (exact) mass is 464 g/mol. The first kappa shape index (κ1) is 24.9. The summed E-state index contributed by atoms with van der Waals surface area (Å²) in [6.45, 7) is 5.96. The largest absolute Gasteiger partial charge is 0.493 e. The highest BCUT2D eigenvalue weighted by atomic mass is 35.5. The smallest absolute Gasteiger partial charge is 0.325 e. The van der Waals surface area contributed by atoms with Crippen LogP contribution in [0.4, 0.5) is 5.69 Å². The summed E-state index contributed by atoms with van der Waals surface area (Å²) in [4.78, 5) is 37.1. The maximum atomic E-state index is 13.1. The molecule has 0 aromatic heterocycles. The number of rotatable bonds is 10. The summed E-state index contributed by atoms with van der Waals surface area (Å²) in [6, 6.07) is 8.46. The van der Waals surface area contributed by atoms with Gasteiger partial charge in [-0.1, -0.05) is 25.4 Å². The quantitative estimate of drug-likeness (QED) is 0.284. The summed E-state index contributed by atoms with van der Waals surface area (Å²) in [6.07, 6.45) is 0. The number of nitro benzene ring substituents is 1. The lowest BCUT2D eigenvalue weighted by atomic mass is 10.1. The summed E-state index contributed by atoms with van der Waals surface area (Å²) >= 11 is 5.84. The number of hydrogen-bond donors (Lipinski definition) is 0. The lowest BCUT2D eigenvalue weighted by molar-refractivity contribution is -0.385. The summed E-state index contributed by atoms with van der Waals surface area (Å²) in [5.74, 6) is -0.405. The van der Waals surface area contributed by atoms with Gasteiger partial charge in [0.25, 0.3) is 5.91 Å². The molecule has 0 fully saturated rings. The SMILES string of the molecule is CCOC(=O)CN(CC(C)C)C(=O)c1ccc(Oc2ccc(Cl)cc2[N+](=O)[O-])c(OC)c1. The summed E-state index contributed by atoms with van der Waals surface area (Å²) < 4.78 is 16.0. The first-order valence-corrected chi connectivity index (χ1v) is 10.3. The van der Waals surface area contributed by atoms with Gasteiger partial charge in [0.2, 0.25) is 5.75 Å². The van der Waals surface area contributed by atoms with Gasteiger partial charge in [-0.2, -0.15) is 0 Å². The second kappa shape index (κ2) is 11.3. The molecule has 0 spiro atoms. The molecule has 0 aliphatic heterocycles. The van der Waals surface area contributed by atoms with E-state index in [0.717, 1.165) is 0 Å². The van der Waals surface area contributed by atoms with Crippen LogP contribution in [0.1, 0.15) is 31.1 Å². The van der Waals surface area contributed by atoms with Crippen molar-refractivity contribution < 1.29 is 28.7 Å². The highest BCUT2D eigenvalue weighted by Gasteiger charge is 2.23. The highest BCUT2D eigenvalue weighted by Crippen LogP contribution is 2.38. The van der Waals surface area contributed by atoms with Crippen LogP contribution in [-0.4, -0.2) is 48.5 Å². The predicted octanol–water partition coefficient (Wildman–Crippen LogP) is 4.71. The van der Waals surface area contributed by atoms with Crippen LogP contribution in [-0.2, 0) is 9.53 Å². The minimum Gasteiger partial charge on any atom is -0.493 e. The minimum absolute atomic E-state index is 0.0273. The zero-order chi connectivity index (χ0) is 23.8. The van der Waals surface area contributed by atoms with Crippen molar-refractivity contribution in [2.75, 3.05) is 26.8 Å². The molecule has 10 heteroatoms. The molecule has 172 valence electrons. The second-order valence-corrected chi connectivity index (χ2v) is 7.66. The van der Waals surface area contributed by atoms with Gasteiger partial charge in [-0.15, -0.1) is 0 Å². The molecule has 0 atom stereocenters. The first-order chi connectivity index (χ1) is 15.2. The van der Waals surface area contributed by atoms with Crippen molar-refractivity contribution in [1.82, 2.24) is 4.90 Å². The number of halogens is 1. The highest BCUT2D eigenvalue weighted by molar-refractivity contribution is 6.30. The molecule has 0 N–H and O–H groups in total. The number of carbonyl (C=O) groups is 2. The van der Waals surface area contributed by atoms with Crippen LogP contribution >= 0.6 is 11.6 Å². The molecule has 0 heterocycles. The van der Waals surface area contributed by atoms with E-state index in [2.05, 4.69) is 0 Å². The van der Waals surface area contributed by atoms with E-state index in [4.69, 9.17) is 25.8 Å². The molecule has 9 nitrogen and oxygen atoms in total. The Morgan fingerprint density at radius 1 is 1.12 bits per heavy atom. The Morgan fingerprint density at radius 2 is 1.81 bits per heavy atom. The fourth-order valence-corrected chi connectivity index (χ4v) is 3.09. The number of nitrogens with zero attached hydrogens (tertiary/aromatic N) is 2. The number of methoxy groups -OCH3 is 1. The fraction of sp³-hybridized carbons (Fsp3) is 0.364. The number of ether oxygens (including phenoxy) is 3. The van der Waals surface area contributed by atoms with Crippen molar-refractivity contribution in [3.05, 3.63) is 57.1 Å². The molecular weight excluding hydrogens is 440 g/mol. The zero-order valence-corrected chi connectivity index (χ0v) is 19.0. The van der Waals surface area contributed by atoms with Crippen molar-refractivity contribution in [2.24, 2.45) is 5.92 Å². The van der Waals surface area contributed by atoms with Crippen molar-refractivity contribution in [3.8, 4) is 17.2 Å². The number of benzene rings is 2. The van der Waals surface area contributed by atoms with E-state index in [1.165, 1.54) is 48.4 Å². The number of hydrogen-bond acceptors (Lipinski definition) is 7. The third-order valence-electron chi connectivity index (χ3n) is 4.25. The average Bonchev–Trinajstić information content (AvgIpc) is 2.74. The van der Waals surface area contributed by atoms with Gasteiger partial charge in [-0.3, -0.25) is 19.7 Å². The Morgan fingerprint density at radius 3 is 2.41 bits per heavy atom. The van der Waals surface area contributed by atoms with Crippen molar-refractivity contribution in [2.45, 2.75) is 20.8 Å². The maximum Gasteiger partial charge on any atom is 0.325 e. The molecule has 32 heavy (non-hydrogen) atoms. The molecular formula is C22H25ClN2O7.